The highest BCUT2D eigenvalue weighted by molar-refractivity contribution is 9.10. The molecule has 1 atom stereocenters. The van der Waals surface area contributed by atoms with E-state index in [0.717, 1.165) is 27.2 Å². The highest BCUT2D eigenvalue weighted by atomic mass is 79.9. The Labute approximate surface area is 116 Å². The first-order valence-corrected chi connectivity index (χ1v) is 6.70. The van der Waals surface area contributed by atoms with Crippen molar-refractivity contribution in [1.29, 1.82) is 0 Å². The number of halogens is 1. The third-order valence-electron chi connectivity index (χ3n) is 2.55. The van der Waals surface area contributed by atoms with Crippen molar-refractivity contribution < 1.29 is 0 Å². The molecular weight excluding hydrogens is 290 g/mol. The third-order valence-corrected chi connectivity index (χ3v) is 3.07. The molecule has 0 radical (unpaired) electrons. The van der Waals surface area contributed by atoms with Crippen LogP contribution in [0.3, 0.4) is 0 Å². The van der Waals surface area contributed by atoms with E-state index < -0.39 is 0 Å². The standard InChI is InChI=1S/C14H16BrN3/c1-9(16)7-14-17-10(2)8-13(18-14)11-3-5-12(15)6-4-11/h3-6,8-9H,7,16H2,1-2H3. The van der Waals surface area contributed by atoms with E-state index in [-0.39, 0.29) is 6.04 Å². The summed E-state index contributed by atoms with van der Waals surface area (Å²) in [5.41, 5.74) is 8.81. The van der Waals surface area contributed by atoms with Crippen LogP contribution in [0.2, 0.25) is 0 Å². The average Bonchev–Trinajstić information content (AvgIpc) is 2.28. The lowest BCUT2D eigenvalue weighted by Gasteiger charge is -2.08. The molecule has 2 N–H and O–H groups in total. The Morgan fingerprint density at radius 1 is 1.22 bits per heavy atom. The second-order valence-corrected chi connectivity index (χ2v) is 5.41. The van der Waals surface area contributed by atoms with E-state index in [0.29, 0.717) is 6.42 Å². The number of aryl methyl sites for hydroxylation is 1. The lowest BCUT2D eigenvalue weighted by atomic mass is 10.1. The van der Waals surface area contributed by atoms with Gasteiger partial charge in [-0.25, -0.2) is 9.97 Å². The predicted molar refractivity (Wildman–Crippen MR) is 77.3 cm³/mol. The summed E-state index contributed by atoms with van der Waals surface area (Å²) in [6.45, 7) is 3.94. The van der Waals surface area contributed by atoms with Gasteiger partial charge in [0.2, 0.25) is 0 Å². The van der Waals surface area contributed by atoms with Gasteiger partial charge in [-0.3, -0.25) is 0 Å². The summed E-state index contributed by atoms with van der Waals surface area (Å²) >= 11 is 3.43. The highest BCUT2D eigenvalue weighted by Crippen LogP contribution is 2.20. The topological polar surface area (TPSA) is 51.8 Å². The zero-order valence-electron chi connectivity index (χ0n) is 10.5. The molecule has 2 rings (SSSR count). The molecule has 0 amide bonds. The molecule has 1 unspecified atom stereocenters. The molecule has 0 fully saturated rings. The van der Waals surface area contributed by atoms with E-state index in [4.69, 9.17) is 5.73 Å². The maximum atomic E-state index is 5.80. The lowest BCUT2D eigenvalue weighted by Crippen LogP contribution is -2.19. The number of benzene rings is 1. The van der Waals surface area contributed by atoms with E-state index in [9.17, 15) is 0 Å². The van der Waals surface area contributed by atoms with Gasteiger partial charge in [0.05, 0.1) is 5.69 Å². The zero-order chi connectivity index (χ0) is 13.1. The van der Waals surface area contributed by atoms with Crippen LogP contribution >= 0.6 is 15.9 Å². The summed E-state index contributed by atoms with van der Waals surface area (Å²) in [7, 11) is 0. The highest BCUT2D eigenvalue weighted by Gasteiger charge is 2.06. The van der Waals surface area contributed by atoms with E-state index in [1.54, 1.807) is 0 Å². The normalized spacial score (nSPS) is 12.4. The second-order valence-electron chi connectivity index (χ2n) is 4.50. The third kappa shape index (κ3) is 3.37. The molecule has 1 aromatic heterocycles. The van der Waals surface area contributed by atoms with Crippen molar-refractivity contribution in [1.82, 2.24) is 9.97 Å². The van der Waals surface area contributed by atoms with Crippen LogP contribution in [0.4, 0.5) is 0 Å². The molecule has 0 aliphatic rings. The zero-order valence-corrected chi connectivity index (χ0v) is 12.1. The molecular formula is C14H16BrN3. The van der Waals surface area contributed by atoms with Crippen molar-refractivity contribution in [3.63, 3.8) is 0 Å². The summed E-state index contributed by atoms with van der Waals surface area (Å²) in [6.07, 6.45) is 0.700. The van der Waals surface area contributed by atoms with Gasteiger partial charge in [-0.1, -0.05) is 28.1 Å². The van der Waals surface area contributed by atoms with Gasteiger partial charge in [-0.2, -0.15) is 0 Å². The molecule has 0 saturated heterocycles. The van der Waals surface area contributed by atoms with Gasteiger partial charge in [0.1, 0.15) is 5.82 Å². The van der Waals surface area contributed by atoms with Crippen molar-refractivity contribution in [2.24, 2.45) is 5.73 Å². The molecule has 0 bridgehead atoms. The number of nitrogens with zero attached hydrogens (tertiary/aromatic N) is 2. The van der Waals surface area contributed by atoms with E-state index >= 15 is 0 Å². The Kier molecular flexibility index (Phi) is 4.09. The number of rotatable bonds is 3. The minimum atomic E-state index is 0.0737. The quantitative estimate of drug-likeness (QED) is 0.948. The Morgan fingerprint density at radius 2 is 1.89 bits per heavy atom. The molecule has 18 heavy (non-hydrogen) atoms. The van der Waals surface area contributed by atoms with Gasteiger partial charge in [-0.05, 0) is 32.0 Å². The van der Waals surface area contributed by atoms with Gasteiger partial charge in [-0.15, -0.1) is 0 Å². The molecule has 0 aliphatic carbocycles. The molecule has 4 heteroatoms. The summed E-state index contributed by atoms with van der Waals surface area (Å²) in [5.74, 6) is 0.808. The number of nitrogens with two attached hydrogens (primary N) is 1. The first-order valence-electron chi connectivity index (χ1n) is 5.90. The van der Waals surface area contributed by atoms with Gasteiger partial charge in [0.25, 0.3) is 0 Å². The Hall–Kier alpha value is -1.26. The molecule has 1 aromatic carbocycles. The van der Waals surface area contributed by atoms with Crippen molar-refractivity contribution in [3.05, 3.63) is 46.3 Å². The summed E-state index contributed by atoms with van der Waals surface area (Å²) in [5, 5.41) is 0. The van der Waals surface area contributed by atoms with Gasteiger partial charge in [0, 0.05) is 28.2 Å². The van der Waals surface area contributed by atoms with Crippen LogP contribution < -0.4 is 5.73 Å². The van der Waals surface area contributed by atoms with Gasteiger partial charge < -0.3 is 5.73 Å². The summed E-state index contributed by atoms with van der Waals surface area (Å²) in [4.78, 5) is 8.98. The van der Waals surface area contributed by atoms with E-state index in [1.807, 2.05) is 44.2 Å². The fraction of sp³-hybridized carbons (Fsp3) is 0.286. The maximum absolute atomic E-state index is 5.80. The van der Waals surface area contributed by atoms with Crippen LogP contribution in [0, 0.1) is 6.92 Å². The fourth-order valence-electron chi connectivity index (χ4n) is 1.78. The van der Waals surface area contributed by atoms with Crippen LogP contribution in [0.25, 0.3) is 11.3 Å². The number of hydrogen-bond acceptors (Lipinski definition) is 3. The van der Waals surface area contributed by atoms with E-state index in [2.05, 4.69) is 25.9 Å². The molecule has 2 aromatic rings. The van der Waals surface area contributed by atoms with Gasteiger partial charge >= 0.3 is 0 Å². The predicted octanol–water partition coefficient (Wildman–Crippen LogP) is 3.10. The van der Waals surface area contributed by atoms with Gasteiger partial charge in [0.15, 0.2) is 0 Å². The molecule has 1 heterocycles. The molecule has 0 spiro atoms. The van der Waals surface area contributed by atoms with Crippen molar-refractivity contribution in [2.75, 3.05) is 0 Å². The van der Waals surface area contributed by atoms with Crippen molar-refractivity contribution >= 4 is 15.9 Å². The van der Waals surface area contributed by atoms with Crippen LogP contribution in [0.5, 0.6) is 0 Å². The fourth-order valence-corrected chi connectivity index (χ4v) is 2.04. The summed E-state index contributed by atoms with van der Waals surface area (Å²) < 4.78 is 1.06. The maximum Gasteiger partial charge on any atom is 0.130 e. The smallest absolute Gasteiger partial charge is 0.130 e. The second kappa shape index (κ2) is 5.59. The largest absolute Gasteiger partial charge is 0.328 e. The molecule has 0 saturated carbocycles. The molecule has 0 aliphatic heterocycles. The van der Waals surface area contributed by atoms with Crippen molar-refractivity contribution in [2.45, 2.75) is 26.3 Å². The monoisotopic (exact) mass is 305 g/mol. The number of hydrogen-bond donors (Lipinski definition) is 1. The van der Waals surface area contributed by atoms with Crippen LogP contribution in [-0.2, 0) is 6.42 Å². The van der Waals surface area contributed by atoms with Crippen molar-refractivity contribution in [3.8, 4) is 11.3 Å². The van der Waals surface area contributed by atoms with Crippen LogP contribution in [-0.4, -0.2) is 16.0 Å². The van der Waals surface area contributed by atoms with Crippen LogP contribution in [0.15, 0.2) is 34.8 Å². The summed E-state index contributed by atoms with van der Waals surface area (Å²) in [6, 6.07) is 10.2. The average molecular weight is 306 g/mol. The van der Waals surface area contributed by atoms with E-state index in [1.165, 1.54) is 0 Å². The number of aromatic nitrogens is 2. The Balaban J connectivity index is 2.38. The minimum absolute atomic E-state index is 0.0737. The minimum Gasteiger partial charge on any atom is -0.328 e. The Morgan fingerprint density at radius 3 is 2.50 bits per heavy atom. The molecule has 94 valence electrons. The first kappa shape index (κ1) is 13.2. The lowest BCUT2D eigenvalue weighted by molar-refractivity contribution is 0.700. The first-order chi connectivity index (χ1) is 8.54. The Bertz CT molecular complexity index is 535. The van der Waals surface area contributed by atoms with Crippen LogP contribution in [0.1, 0.15) is 18.4 Å². The SMILES string of the molecule is Cc1cc(-c2ccc(Br)cc2)nc(CC(C)N)n1. The molecule has 3 nitrogen and oxygen atoms in total.